The van der Waals surface area contributed by atoms with E-state index in [0.29, 0.717) is 11.3 Å². The average Bonchev–Trinajstić information content (AvgIpc) is 2.52. The first-order valence-electron chi connectivity index (χ1n) is 8.13. The Morgan fingerprint density at radius 2 is 1.68 bits per heavy atom. The SMILES string of the molecule is C[NH+](C)CCCC1c2ccccc2Oc2ccc(C(F)(F)F)cc21.[Cl-]. The molecule has 2 aromatic carbocycles. The number of nitrogens with one attached hydrogen (secondary N) is 1. The molecule has 1 aliphatic heterocycles. The molecule has 25 heavy (non-hydrogen) atoms. The summed E-state index contributed by atoms with van der Waals surface area (Å²) in [6, 6.07) is 11.4. The van der Waals surface area contributed by atoms with Crippen molar-refractivity contribution in [2.24, 2.45) is 0 Å². The van der Waals surface area contributed by atoms with Gasteiger partial charge < -0.3 is 22.0 Å². The van der Waals surface area contributed by atoms with E-state index in [9.17, 15) is 13.2 Å². The molecule has 0 radical (unpaired) electrons. The minimum Gasteiger partial charge on any atom is -1.00 e. The monoisotopic (exact) mass is 371 g/mol. The Balaban J connectivity index is 0.00000225. The molecule has 1 heterocycles. The Morgan fingerprint density at radius 1 is 1.00 bits per heavy atom. The average molecular weight is 372 g/mol. The number of ether oxygens (including phenoxy) is 1. The van der Waals surface area contributed by atoms with Gasteiger partial charge >= 0.3 is 6.18 Å². The zero-order chi connectivity index (χ0) is 17.3. The van der Waals surface area contributed by atoms with Gasteiger partial charge in [0.05, 0.1) is 26.2 Å². The molecule has 1 N–H and O–H groups in total. The van der Waals surface area contributed by atoms with E-state index >= 15 is 0 Å². The standard InChI is InChI=1S/C19H20F3NO.ClH/c1-23(2)11-5-7-14-15-6-3-4-8-17(15)24-18-10-9-13(12-16(14)18)19(20,21)22;/h3-4,6,8-10,12,14H,5,7,11H2,1-2H3;1H. The second kappa shape index (κ2) is 7.67. The molecule has 0 bridgehead atoms. The van der Waals surface area contributed by atoms with Gasteiger partial charge in [-0.25, -0.2) is 0 Å². The first-order valence-corrected chi connectivity index (χ1v) is 8.13. The lowest BCUT2D eigenvalue weighted by Gasteiger charge is -2.29. The molecule has 0 saturated carbocycles. The molecule has 1 aliphatic rings. The van der Waals surface area contributed by atoms with Crippen molar-refractivity contribution in [1.29, 1.82) is 0 Å². The van der Waals surface area contributed by atoms with Gasteiger partial charge in [-0.05, 0) is 37.1 Å². The summed E-state index contributed by atoms with van der Waals surface area (Å²) >= 11 is 0. The zero-order valence-electron chi connectivity index (χ0n) is 14.2. The quantitative estimate of drug-likeness (QED) is 0.842. The van der Waals surface area contributed by atoms with Gasteiger partial charge in [0.25, 0.3) is 0 Å². The second-order valence-corrected chi connectivity index (χ2v) is 6.54. The predicted molar refractivity (Wildman–Crippen MR) is 86.7 cm³/mol. The number of halogens is 4. The first kappa shape index (κ1) is 19.6. The van der Waals surface area contributed by atoms with Crippen LogP contribution in [0.5, 0.6) is 11.5 Å². The van der Waals surface area contributed by atoms with Crippen LogP contribution >= 0.6 is 0 Å². The second-order valence-electron chi connectivity index (χ2n) is 6.54. The van der Waals surface area contributed by atoms with Crippen molar-refractivity contribution in [2.45, 2.75) is 24.9 Å². The van der Waals surface area contributed by atoms with Gasteiger partial charge in [0, 0.05) is 17.0 Å². The molecule has 1 unspecified atom stereocenters. The van der Waals surface area contributed by atoms with Crippen molar-refractivity contribution < 1.29 is 35.2 Å². The summed E-state index contributed by atoms with van der Waals surface area (Å²) in [5, 5.41) is 0. The fourth-order valence-electron chi connectivity index (χ4n) is 3.21. The van der Waals surface area contributed by atoms with Crippen molar-refractivity contribution in [1.82, 2.24) is 0 Å². The highest BCUT2D eigenvalue weighted by molar-refractivity contribution is 5.54. The Kier molecular flexibility index (Phi) is 6.01. The number of benzene rings is 2. The van der Waals surface area contributed by atoms with Crippen LogP contribution in [0.15, 0.2) is 42.5 Å². The van der Waals surface area contributed by atoms with E-state index in [-0.39, 0.29) is 18.3 Å². The van der Waals surface area contributed by atoms with Crippen LogP contribution in [0.25, 0.3) is 0 Å². The lowest BCUT2D eigenvalue weighted by atomic mass is 9.84. The number of rotatable bonds is 4. The van der Waals surface area contributed by atoms with Gasteiger partial charge in [-0.3, -0.25) is 0 Å². The summed E-state index contributed by atoms with van der Waals surface area (Å²) in [4.78, 5) is 1.33. The van der Waals surface area contributed by atoms with E-state index in [1.807, 2.05) is 24.3 Å². The lowest BCUT2D eigenvalue weighted by molar-refractivity contribution is -0.858. The van der Waals surface area contributed by atoms with Gasteiger partial charge in [0.15, 0.2) is 0 Å². The number of hydrogen-bond donors (Lipinski definition) is 1. The summed E-state index contributed by atoms with van der Waals surface area (Å²) < 4.78 is 45.1. The van der Waals surface area contributed by atoms with Crippen LogP contribution in [0.4, 0.5) is 13.2 Å². The lowest BCUT2D eigenvalue weighted by Crippen LogP contribution is -3.05. The van der Waals surface area contributed by atoms with Crippen molar-refractivity contribution in [3.05, 3.63) is 59.2 Å². The van der Waals surface area contributed by atoms with E-state index in [1.54, 1.807) is 0 Å². The van der Waals surface area contributed by atoms with E-state index in [2.05, 4.69) is 14.1 Å². The van der Waals surface area contributed by atoms with Crippen molar-refractivity contribution in [3.8, 4) is 11.5 Å². The largest absolute Gasteiger partial charge is 1.00 e. The molecular weight excluding hydrogens is 351 g/mol. The number of quaternary nitrogens is 1. The van der Waals surface area contributed by atoms with E-state index in [0.717, 1.165) is 36.8 Å². The topological polar surface area (TPSA) is 13.7 Å². The fraction of sp³-hybridized carbons (Fsp3) is 0.368. The summed E-state index contributed by atoms with van der Waals surface area (Å²) in [7, 11) is 4.15. The molecule has 0 aromatic heterocycles. The van der Waals surface area contributed by atoms with Crippen molar-refractivity contribution in [2.75, 3.05) is 20.6 Å². The Morgan fingerprint density at radius 3 is 2.36 bits per heavy atom. The molecule has 1 atom stereocenters. The Labute approximate surface area is 152 Å². The third-order valence-electron chi connectivity index (χ3n) is 4.40. The van der Waals surface area contributed by atoms with Gasteiger partial charge in [0.1, 0.15) is 11.5 Å². The van der Waals surface area contributed by atoms with Crippen LogP contribution in [0.1, 0.15) is 35.4 Å². The molecule has 6 heteroatoms. The van der Waals surface area contributed by atoms with E-state index in [1.165, 1.54) is 17.0 Å². The van der Waals surface area contributed by atoms with Crippen molar-refractivity contribution >= 4 is 0 Å². The summed E-state index contributed by atoms with van der Waals surface area (Å²) in [6.07, 6.45) is -2.60. The number of hydrogen-bond acceptors (Lipinski definition) is 1. The predicted octanol–water partition coefficient (Wildman–Crippen LogP) is 0.872. The Hall–Kier alpha value is -1.72. The van der Waals surface area contributed by atoms with Gasteiger partial charge in [-0.2, -0.15) is 13.2 Å². The third kappa shape index (κ3) is 4.28. The smallest absolute Gasteiger partial charge is 0.416 e. The minimum atomic E-state index is -4.34. The third-order valence-corrected chi connectivity index (χ3v) is 4.40. The summed E-state index contributed by atoms with van der Waals surface area (Å²) in [5.74, 6) is 1.21. The molecule has 0 amide bonds. The van der Waals surface area contributed by atoms with Crippen LogP contribution in [-0.2, 0) is 6.18 Å². The number of fused-ring (bicyclic) bond motifs is 2. The van der Waals surface area contributed by atoms with E-state index in [4.69, 9.17) is 4.74 Å². The highest BCUT2D eigenvalue weighted by Gasteiger charge is 2.34. The maximum Gasteiger partial charge on any atom is 0.416 e. The minimum absolute atomic E-state index is 0. The molecule has 0 aliphatic carbocycles. The molecular formula is C19H21ClF3NO. The molecule has 2 aromatic rings. The Bertz CT molecular complexity index is 731. The molecule has 0 fully saturated rings. The normalized spacial score (nSPS) is 15.8. The van der Waals surface area contributed by atoms with Crippen LogP contribution in [0.2, 0.25) is 0 Å². The zero-order valence-corrected chi connectivity index (χ0v) is 14.9. The molecule has 136 valence electrons. The first-order chi connectivity index (χ1) is 11.4. The van der Waals surface area contributed by atoms with Gasteiger partial charge in [-0.15, -0.1) is 0 Å². The number of para-hydroxylation sites is 1. The maximum atomic E-state index is 13.1. The summed E-state index contributed by atoms with van der Waals surface area (Å²) in [5.41, 5.74) is 0.989. The number of alkyl halides is 3. The van der Waals surface area contributed by atoms with Crippen LogP contribution in [0.3, 0.4) is 0 Å². The van der Waals surface area contributed by atoms with Crippen LogP contribution < -0.4 is 22.0 Å². The molecule has 0 spiro atoms. The molecule has 2 nitrogen and oxygen atoms in total. The highest BCUT2D eigenvalue weighted by atomic mass is 35.5. The molecule has 0 saturated heterocycles. The maximum absolute atomic E-state index is 13.1. The van der Waals surface area contributed by atoms with Gasteiger partial charge in [0.2, 0.25) is 0 Å². The van der Waals surface area contributed by atoms with Crippen molar-refractivity contribution in [3.63, 3.8) is 0 Å². The molecule has 3 rings (SSSR count). The fourth-order valence-corrected chi connectivity index (χ4v) is 3.21. The van der Waals surface area contributed by atoms with Crippen LogP contribution in [-0.4, -0.2) is 20.6 Å². The van der Waals surface area contributed by atoms with Crippen LogP contribution in [0, 0.1) is 0 Å². The van der Waals surface area contributed by atoms with Gasteiger partial charge in [-0.1, -0.05) is 18.2 Å². The van der Waals surface area contributed by atoms with E-state index < -0.39 is 11.7 Å². The summed E-state index contributed by atoms with van der Waals surface area (Å²) in [6.45, 7) is 0.980. The highest BCUT2D eigenvalue weighted by Crippen LogP contribution is 2.47.